The van der Waals surface area contributed by atoms with E-state index in [0.717, 1.165) is 38.5 Å². The molecule has 1 saturated heterocycles. The Balaban J connectivity index is 1.96. The van der Waals surface area contributed by atoms with Crippen molar-refractivity contribution >= 4 is 5.69 Å². The van der Waals surface area contributed by atoms with Crippen LogP contribution in [0.5, 0.6) is 5.75 Å². The molecule has 104 valence electrons. The maximum Gasteiger partial charge on any atom is 0.142 e. The van der Waals surface area contributed by atoms with Gasteiger partial charge in [-0.05, 0) is 17.5 Å². The van der Waals surface area contributed by atoms with Crippen LogP contribution >= 0.6 is 0 Å². The Kier molecular flexibility index (Phi) is 3.62. The van der Waals surface area contributed by atoms with Crippen LogP contribution in [-0.2, 0) is 0 Å². The fraction of sp³-hybridized carbons (Fsp3) is 0.600. The number of nitrogens with one attached hydrogen (secondary N) is 2. The highest BCUT2D eigenvalue weighted by atomic mass is 16.5. The molecule has 2 unspecified atom stereocenters. The van der Waals surface area contributed by atoms with Crippen molar-refractivity contribution in [2.75, 3.05) is 45.2 Å². The number of hydrogen-bond donors (Lipinski definition) is 2. The van der Waals surface area contributed by atoms with E-state index in [1.165, 1.54) is 11.3 Å². The van der Waals surface area contributed by atoms with E-state index in [9.17, 15) is 0 Å². The molecule has 0 bridgehead atoms. The number of piperazine rings is 1. The maximum absolute atomic E-state index is 5.49. The van der Waals surface area contributed by atoms with Gasteiger partial charge in [0.1, 0.15) is 5.75 Å². The van der Waals surface area contributed by atoms with Gasteiger partial charge < -0.3 is 15.4 Å². The van der Waals surface area contributed by atoms with Crippen molar-refractivity contribution in [2.24, 2.45) is 5.92 Å². The molecule has 1 fully saturated rings. The number of ether oxygens (including phenoxy) is 1. The van der Waals surface area contributed by atoms with E-state index in [2.05, 4.69) is 34.6 Å². The first-order chi connectivity index (χ1) is 9.31. The number of anilines is 1. The van der Waals surface area contributed by atoms with Gasteiger partial charge in [-0.25, -0.2) is 0 Å². The molecule has 3 rings (SSSR count). The van der Waals surface area contributed by atoms with Crippen molar-refractivity contribution in [3.8, 4) is 5.75 Å². The Labute approximate surface area is 115 Å². The fourth-order valence-electron chi connectivity index (χ4n) is 3.35. The van der Waals surface area contributed by atoms with Gasteiger partial charge in [-0.1, -0.05) is 19.1 Å². The lowest BCUT2D eigenvalue weighted by atomic mass is 9.87. The molecule has 2 atom stereocenters. The summed E-state index contributed by atoms with van der Waals surface area (Å²) in [6.45, 7) is 7.80. The van der Waals surface area contributed by atoms with Gasteiger partial charge in [0.25, 0.3) is 0 Å². The average Bonchev–Trinajstić information content (AvgIpc) is 2.47. The summed E-state index contributed by atoms with van der Waals surface area (Å²) in [6.07, 6.45) is 0. The van der Waals surface area contributed by atoms with E-state index in [4.69, 9.17) is 4.74 Å². The van der Waals surface area contributed by atoms with Crippen LogP contribution in [0.25, 0.3) is 0 Å². The molecular weight excluding hydrogens is 238 g/mol. The van der Waals surface area contributed by atoms with Crippen LogP contribution in [-0.4, -0.2) is 44.7 Å². The zero-order valence-corrected chi connectivity index (χ0v) is 11.8. The highest BCUT2D eigenvalue weighted by Crippen LogP contribution is 2.42. The summed E-state index contributed by atoms with van der Waals surface area (Å²) < 4.78 is 5.49. The van der Waals surface area contributed by atoms with Crippen molar-refractivity contribution in [1.82, 2.24) is 10.2 Å². The van der Waals surface area contributed by atoms with Crippen molar-refractivity contribution in [1.29, 1.82) is 0 Å². The Morgan fingerprint density at radius 2 is 2.05 bits per heavy atom. The van der Waals surface area contributed by atoms with Crippen LogP contribution in [0.1, 0.15) is 18.5 Å². The summed E-state index contributed by atoms with van der Waals surface area (Å²) in [5, 5.41) is 6.97. The summed E-state index contributed by atoms with van der Waals surface area (Å²) in [6, 6.07) is 6.89. The second-order valence-corrected chi connectivity index (χ2v) is 5.51. The van der Waals surface area contributed by atoms with Crippen molar-refractivity contribution in [3.63, 3.8) is 0 Å². The SMILES string of the molecule is COc1cccc2c1NCC(C)C2N1CCNCC1. The number of fused-ring (bicyclic) bond motifs is 1. The molecule has 0 aromatic heterocycles. The minimum atomic E-state index is 0.508. The van der Waals surface area contributed by atoms with Crippen LogP contribution in [0, 0.1) is 5.92 Å². The minimum Gasteiger partial charge on any atom is -0.495 e. The van der Waals surface area contributed by atoms with E-state index < -0.39 is 0 Å². The first-order valence-corrected chi connectivity index (χ1v) is 7.17. The average molecular weight is 261 g/mol. The third-order valence-corrected chi connectivity index (χ3v) is 4.28. The van der Waals surface area contributed by atoms with E-state index in [1.807, 2.05) is 6.07 Å². The zero-order chi connectivity index (χ0) is 13.2. The fourth-order valence-corrected chi connectivity index (χ4v) is 3.35. The standard InChI is InChI=1S/C15H23N3O/c1-11-10-17-14-12(4-3-5-13(14)19-2)15(11)18-8-6-16-7-9-18/h3-5,11,15-17H,6-10H2,1-2H3. The lowest BCUT2D eigenvalue weighted by Gasteiger charge is -2.42. The molecule has 2 aliphatic heterocycles. The lowest BCUT2D eigenvalue weighted by Crippen LogP contribution is -2.48. The molecule has 0 saturated carbocycles. The van der Waals surface area contributed by atoms with E-state index >= 15 is 0 Å². The second kappa shape index (κ2) is 5.39. The second-order valence-electron chi connectivity index (χ2n) is 5.51. The molecule has 2 aliphatic rings. The first kappa shape index (κ1) is 12.8. The van der Waals surface area contributed by atoms with E-state index in [-0.39, 0.29) is 0 Å². The van der Waals surface area contributed by atoms with Gasteiger partial charge in [0.15, 0.2) is 0 Å². The van der Waals surface area contributed by atoms with Gasteiger partial charge >= 0.3 is 0 Å². The van der Waals surface area contributed by atoms with Gasteiger partial charge in [-0.15, -0.1) is 0 Å². The summed E-state index contributed by atoms with van der Waals surface area (Å²) in [5.41, 5.74) is 2.58. The minimum absolute atomic E-state index is 0.508. The Morgan fingerprint density at radius 1 is 1.26 bits per heavy atom. The quantitative estimate of drug-likeness (QED) is 0.849. The van der Waals surface area contributed by atoms with Crippen LogP contribution < -0.4 is 15.4 Å². The van der Waals surface area contributed by atoms with E-state index in [1.54, 1.807) is 7.11 Å². The lowest BCUT2D eigenvalue weighted by molar-refractivity contribution is 0.131. The topological polar surface area (TPSA) is 36.5 Å². The number of para-hydroxylation sites is 1. The number of nitrogens with zero attached hydrogens (tertiary/aromatic N) is 1. The molecule has 0 radical (unpaired) electrons. The normalized spacial score (nSPS) is 27.5. The summed E-state index contributed by atoms with van der Waals surface area (Å²) in [7, 11) is 1.75. The Bertz CT molecular complexity index is 443. The molecule has 1 aromatic rings. The van der Waals surface area contributed by atoms with Gasteiger partial charge in [0, 0.05) is 38.8 Å². The Hall–Kier alpha value is -1.26. The summed E-state index contributed by atoms with van der Waals surface area (Å²) >= 11 is 0. The molecule has 19 heavy (non-hydrogen) atoms. The molecule has 0 spiro atoms. The molecule has 4 heteroatoms. The van der Waals surface area contributed by atoms with Crippen molar-refractivity contribution < 1.29 is 4.74 Å². The Morgan fingerprint density at radius 3 is 2.79 bits per heavy atom. The predicted molar refractivity (Wildman–Crippen MR) is 77.8 cm³/mol. The highest BCUT2D eigenvalue weighted by molar-refractivity contribution is 5.64. The molecule has 4 nitrogen and oxygen atoms in total. The molecule has 0 amide bonds. The maximum atomic E-state index is 5.49. The molecule has 2 N–H and O–H groups in total. The zero-order valence-electron chi connectivity index (χ0n) is 11.8. The predicted octanol–water partition coefficient (Wildman–Crippen LogP) is 1.70. The largest absolute Gasteiger partial charge is 0.495 e. The van der Waals surface area contributed by atoms with Gasteiger partial charge in [-0.2, -0.15) is 0 Å². The highest BCUT2D eigenvalue weighted by Gasteiger charge is 2.33. The molecule has 0 aliphatic carbocycles. The summed E-state index contributed by atoms with van der Waals surface area (Å²) in [5.74, 6) is 1.59. The first-order valence-electron chi connectivity index (χ1n) is 7.17. The monoisotopic (exact) mass is 261 g/mol. The van der Waals surface area contributed by atoms with Crippen LogP contribution in [0.15, 0.2) is 18.2 Å². The number of rotatable bonds is 2. The molecule has 2 heterocycles. The molecular formula is C15H23N3O. The van der Waals surface area contributed by atoms with Gasteiger partial charge in [-0.3, -0.25) is 4.90 Å². The number of hydrogen-bond acceptors (Lipinski definition) is 4. The molecule has 1 aromatic carbocycles. The van der Waals surface area contributed by atoms with Crippen molar-refractivity contribution in [3.05, 3.63) is 23.8 Å². The smallest absolute Gasteiger partial charge is 0.142 e. The van der Waals surface area contributed by atoms with Crippen LogP contribution in [0.4, 0.5) is 5.69 Å². The number of methoxy groups -OCH3 is 1. The third-order valence-electron chi connectivity index (χ3n) is 4.28. The van der Waals surface area contributed by atoms with E-state index in [0.29, 0.717) is 12.0 Å². The van der Waals surface area contributed by atoms with Crippen molar-refractivity contribution in [2.45, 2.75) is 13.0 Å². The number of benzene rings is 1. The van der Waals surface area contributed by atoms with Gasteiger partial charge in [0.05, 0.1) is 12.8 Å². The summed E-state index contributed by atoms with van der Waals surface area (Å²) in [4.78, 5) is 2.61. The van der Waals surface area contributed by atoms with Gasteiger partial charge in [0.2, 0.25) is 0 Å². The third kappa shape index (κ3) is 2.30. The van der Waals surface area contributed by atoms with Crippen LogP contribution in [0.3, 0.4) is 0 Å². The van der Waals surface area contributed by atoms with Crippen LogP contribution in [0.2, 0.25) is 0 Å².